The van der Waals surface area contributed by atoms with Gasteiger partial charge in [-0.05, 0) is 48.7 Å². The zero-order valence-electron chi connectivity index (χ0n) is 13.2. The molecular weight excluding hydrogens is 278 g/mol. The van der Waals surface area contributed by atoms with E-state index < -0.39 is 0 Å². The van der Waals surface area contributed by atoms with Crippen LogP contribution in [0.2, 0.25) is 0 Å². The quantitative estimate of drug-likeness (QED) is 0.892. The van der Waals surface area contributed by atoms with Gasteiger partial charge in [0.15, 0.2) is 0 Å². The number of methoxy groups -OCH3 is 2. The van der Waals surface area contributed by atoms with Crippen molar-refractivity contribution in [2.75, 3.05) is 20.8 Å². The molecule has 0 bridgehead atoms. The lowest BCUT2D eigenvalue weighted by molar-refractivity contribution is 0.0954. The fraction of sp³-hybridized carbons (Fsp3) is 0.278. The van der Waals surface area contributed by atoms with Crippen LogP contribution in [0, 0.1) is 6.92 Å². The fourth-order valence-corrected chi connectivity index (χ4v) is 2.34. The molecule has 0 aliphatic rings. The summed E-state index contributed by atoms with van der Waals surface area (Å²) >= 11 is 0. The standard InChI is InChI=1S/C18H21NO3/c1-13-12-15(8-9-16(13)21-2)18(20)19-11-10-14-6-4-5-7-17(14)22-3/h4-9,12H,10-11H2,1-3H3,(H,19,20). The van der Waals surface area contributed by atoms with Crippen LogP contribution >= 0.6 is 0 Å². The van der Waals surface area contributed by atoms with Crippen LogP contribution in [0.15, 0.2) is 42.5 Å². The van der Waals surface area contributed by atoms with Gasteiger partial charge in [0.1, 0.15) is 11.5 Å². The number of ether oxygens (including phenoxy) is 2. The smallest absolute Gasteiger partial charge is 0.251 e. The second kappa shape index (κ2) is 7.50. The Morgan fingerprint density at radius 1 is 1.05 bits per heavy atom. The van der Waals surface area contributed by atoms with Gasteiger partial charge in [0, 0.05) is 12.1 Å². The molecule has 2 aromatic rings. The minimum Gasteiger partial charge on any atom is -0.496 e. The van der Waals surface area contributed by atoms with Gasteiger partial charge in [-0.25, -0.2) is 0 Å². The highest BCUT2D eigenvalue weighted by Gasteiger charge is 2.08. The van der Waals surface area contributed by atoms with Crippen LogP contribution in [0.5, 0.6) is 11.5 Å². The summed E-state index contributed by atoms with van der Waals surface area (Å²) in [4.78, 5) is 12.2. The number of benzene rings is 2. The molecule has 116 valence electrons. The molecule has 4 nitrogen and oxygen atoms in total. The van der Waals surface area contributed by atoms with Crippen LogP contribution in [-0.4, -0.2) is 26.7 Å². The van der Waals surface area contributed by atoms with Crippen molar-refractivity contribution >= 4 is 5.91 Å². The average Bonchev–Trinajstić information content (AvgIpc) is 2.55. The van der Waals surface area contributed by atoms with E-state index in [1.54, 1.807) is 20.3 Å². The minimum absolute atomic E-state index is 0.0827. The Labute approximate surface area is 131 Å². The molecule has 4 heteroatoms. The summed E-state index contributed by atoms with van der Waals surface area (Å²) in [6.45, 7) is 2.48. The second-order valence-corrected chi connectivity index (χ2v) is 5.00. The van der Waals surface area contributed by atoms with Crippen LogP contribution in [0.4, 0.5) is 0 Å². The Hall–Kier alpha value is -2.49. The number of hydrogen-bond donors (Lipinski definition) is 1. The van der Waals surface area contributed by atoms with Gasteiger partial charge in [-0.3, -0.25) is 4.79 Å². The van der Waals surface area contributed by atoms with E-state index in [0.717, 1.165) is 29.0 Å². The highest BCUT2D eigenvalue weighted by atomic mass is 16.5. The van der Waals surface area contributed by atoms with E-state index in [2.05, 4.69) is 5.32 Å². The molecule has 0 aromatic heterocycles. The van der Waals surface area contributed by atoms with Crippen molar-refractivity contribution < 1.29 is 14.3 Å². The molecule has 0 atom stereocenters. The fourth-order valence-electron chi connectivity index (χ4n) is 2.34. The van der Waals surface area contributed by atoms with Crippen molar-refractivity contribution in [1.82, 2.24) is 5.32 Å². The van der Waals surface area contributed by atoms with Crippen molar-refractivity contribution in [3.05, 3.63) is 59.2 Å². The first-order valence-electron chi connectivity index (χ1n) is 7.20. The summed E-state index contributed by atoms with van der Waals surface area (Å²) in [6.07, 6.45) is 0.727. The average molecular weight is 299 g/mol. The van der Waals surface area contributed by atoms with Crippen LogP contribution in [0.1, 0.15) is 21.5 Å². The predicted molar refractivity (Wildman–Crippen MR) is 86.8 cm³/mol. The maximum atomic E-state index is 12.2. The molecule has 1 N–H and O–H groups in total. The van der Waals surface area contributed by atoms with Crippen molar-refractivity contribution in [2.24, 2.45) is 0 Å². The molecule has 0 fully saturated rings. The Bertz CT molecular complexity index is 653. The summed E-state index contributed by atoms with van der Waals surface area (Å²) in [5, 5.41) is 2.93. The molecule has 0 spiro atoms. The first-order valence-corrected chi connectivity index (χ1v) is 7.20. The lowest BCUT2D eigenvalue weighted by atomic mass is 10.1. The lowest BCUT2D eigenvalue weighted by Gasteiger charge is -2.10. The molecular formula is C18H21NO3. The van der Waals surface area contributed by atoms with Gasteiger partial charge in [-0.2, -0.15) is 0 Å². The SMILES string of the molecule is COc1ccc(C(=O)NCCc2ccccc2OC)cc1C. The van der Waals surface area contributed by atoms with Crippen molar-refractivity contribution in [1.29, 1.82) is 0 Å². The minimum atomic E-state index is -0.0827. The zero-order valence-corrected chi connectivity index (χ0v) is 13.2. The third-order valence-corrected chi connectivity index (χ3v) is 3.53. The molecule has 0 saturated heterocycles. The molecule has 2 aromatic carbocycles. The number of rotatable bonds is 6. The molecule has 0 saturated carbocycles. The summed E-state index contributed by atoms with van der Waals surface area (Å²) < 4.78 is 10.5. The lowest BCUT2D eigenvalue weighted by Crippen LogP contribution is -2.25. The van der Waals surface area contributed by atoms with E-state index in [-0.39, 0.29) is 5.91 Å². The van der Waals surface area contributed by atoms with E-state index >= 15 is 0 Å². The molecule has 0 heterocycles. The summed E-state index contributed by atoms with van der Waals surface area (Å²) in [6, 6.07) is 13.2. The van der Waals surface area contributed by atoms with Gasteiger partial charge >= 0.3 is 0 Å². The maximum absolute atomic E-state index is 12.2. The van der Waals surface area contributed by atoms with E-state index in [4.69, 9.17) is 9.47 Å². The summed E-state index contributed by atoms with van der Waals surface area (Å²) in [7, 11) is 3.27. The topological polar surface area (TPSA) is 47.6 Å². The molecule has 0 unspecified atom stereocenters. The van der Waals surface area contributed by atoms with Crippen LogP contribution in [0.3, 0.4) is 0 Å². The van der Waals surface area contributed by atoms with Gasteiger partial charge in [-0.15, -0.1) is 0 Å². The van der Waals surface area contributed by atoms with Gasteiger partial charge in [-0.1, -0.05) is 18.2 Å². The molecule has 2 rings (SSSR count). The van der Waals surface area contributed by atoms with Crippen LogP contribution in [-0.2, 0) is 6.42 Å². The normalized spacial score (nSPS) is 10.1. The third kappa shape index (κ3) is 3.79. The predicted octanol–water partition coefficient (Wildman–Crippen LogP) is 2.98. The Morgan fingerprint density at radius 3 is 2.45 bits per heavy atom. The largest absolute Gasteiger partial charge is 0.496 e. The van der Waals surface area contributed by atoms with Crippen molar-refractivity contribution in [2.45, 2.75) is 13.3 Å². The number of aryl methyl sites for hydroxylation is 1. The van der Waals surface area contributed by atoms with E-state index in [9.17, 15) is 4.79 Å². The number of carbonyl (C=O) groups excluding carboxylic acids is 1. The summed E-state index contributed by atoms with van der Waals surface area (Å²) in [5.74, 6) is 1.54. The Balaban J connectivity index is 1.94. The number of carbonyl (C=O) groups is 1. The van der Waals surface area contributed by atoms with Crippen LogP contribution < -0.4 is 14.8 Å². The Morgan fingerprint density at radius 2 is 1.77 bits per heavy atom. The second-order valence-electron chi connectivity index (χ2n) is 5.00. The van der Waals surface area contributed by atoms with Gasteiger partial charge in [0.05, 0.1) is 14.2 Å². The molecule has 1 amide bonds. The molecule has 22 heavy (non-hydrogen) atoms. The molecule has 0 aliphatic carbocycles. The zero-order chi connectivity index (χ0) is 15.9. The third-order valence-electron chi connectivity index (χ3n) is 3.53. The number of hydrogen-bond acceptors (Lipinski definition) is 3. The monoisotopic (exact) mass is 299 g/mol. The van der Waals surface area contributed by atoms with E-state index in [1.165, 1.54) is 0 Å². The van der Waals surface area contributed by atoms with Gasteiger partial charge < -0.3 is 14.8 Å². The number of amides is 1. The van der Waals surface area contributed by atoms with Crippen molar-refractivity contribution in [3.8, 4) is 11.5 Å². The highest BCUT2D eigenvalue weighted by molar-refractivity contribution is 5.94. The summed E-state index contributed by atoms with van der Waals surface area (Å²) in [5.41, 5.74) is 2.66. The Kier molecular flexibility index (Phi) is 5.42. The number of para-hydroxylation sites is 1. The van der Waals surface area contributed by atoms with E-state index in [1.807, 2.05) is 43.3 Å². The first-order chi connectivity index (χ1) is 10.7. The maximum Gasteiger partial charge on any atom is 0.251 e. The van der Waals surface area contributed by atoms with Crippen molar-refractivity contribution in [3.63, 3.8) is 0 Å². The number of nitrogens with one attached hydrogen (secondary N) is 1. The van der Waals surface area contributed by atoms with E-state index in [0.29, 0.717) is 12.1 Å². The van der Waals surface area contributed by atoms with Gasteiger partial charge in [0.2, 0.25) is 0 Å². The first kappa shape index (κ1) is 15.9. The highest BCUT2D eigenvalue weighted by Crippen LogP contribution is 2.19. The molecule has 0 aliphatic heterocycles. The van der Waals surface area contributed by atoms with Gasteiger partial charge in [0.25, 0.3) is 5.91 Å². The van der Waals surface area contributed by atoms with Crippen LogP contribution in [0.25, 0.3) is 0 Å². The molecule has 0 radical (unpaired) electrons.